The van der Waals surface area contributed by atoms with E-state index in [4.69, 9.17) is 21.4 Å². The van der Waals surface area contributed by atoms with Crippen LogP contribution in [0.1, 0.15) is 134 Å². The van der Waals surface area contributed by atoms with Gasteiger partial charge in [0.1, 0.15) is 46.7 Å². The molecule has 13 rings (SSSR count). The molecule has 24 heteroatoms. The Morgan fingerprint density at radius 1 is 0.636 bits per heavy atom. The number of benzene rings is 6. The standard InChI is InChI=1S/C31H34N2OS.C28H32N2O2S2.C15H16N2O6S3.C12H13NO2/c1-5-8-19-33-30(35-29-17-13-23-11-9-10-12-27(23)31(29)33)18-15-25-20-22(4)26-16-14-24(21-28(26)34-25)32(6-2)7-3;1-4-5-6-7-8-12-17-30-22-18-20(2)15-16-24(22)33-28(30)26-27(32)29(3)25(34-26)19-23(31)21-13-10-9-11-14-21;1-5-16-10(18)7(11(19)17(6-2)15(16)24)14-25-8(12(20)22-3)9(26-14)13(21)23-4;1-3-13-9-4-5-10-8(2)6-12(14)15-11(10)7-9/h9-18,20-21H,5-8,19H2,1-4H3;9-11,13-16,18-19H,4-8,12,17H2,1-3H3;5-6H2,1-4H3;4-7,13H,3H2,1-2H3/b;25-19+,28-26-;;. The fourth-order valence-corrected chi connectivity index (χ4v) is 19.4. The number of rotatable bonds is 22. The molecule has 0 bridgehead atoms. The van der Waals surface area contributed by atoms with Crippen LogP contribution in [0, 0.1) is 13.8 Å². The minimum atomic E-state index is -0.746. The molecule has 110 heavy (non-hydrogen) atoms. The molecular weight excluding hydrogens is 1500 g/mol. The first-order valence-electron chi connectivity index (χ1n) is 37.3. The number of methoxy groups -OCH3 is 2. The minimum absolute atomic E-state index is 0.0216. The normalized spacial score (nSPS) is 15.8. The number of amides is 2. The monoisotopic (exact) mass is 1590 g/mol. The summed E-state index contributed by atoms with van der Waals surface area (Å²) >= 11 is 11.8. The van der Waals surface area contributed by atoms with E-state index in [1.165, 1.54) is 139 Å². The SMILES string of the molecule is CCCCCCCCN1/C(=c2/s/c(=C/C(=O)c3ccccc3)n(C)c2=O)Sc2ccc(C)cc21.CCCCN1C(=CC=C2C=C(C)c3ccc(N(CC)CC)cc3O2)Sc2ccc3ccccc3c21.CCN1C(=O)C(=C2SC(C(=O)OC)=C(C(=O)OC)S2)C(=O)N(CC)C1=S.CCNc1ccc2c(C)cc(=O)oc2c1. The molecule has 8 aromatic rings. The van der Waals surface area contributed by atoms with Crippen LogP contribution in [0.4, 0.5) is 22.7 Å². The highest BCUT2D eigenvalue weighted by molar-refractivity contribution is 8.29. The number of ether oxygens (including phenoxy) is 3. The van der Waals surface area contributed by atoms with Crippen LogP contribution in [0.5, 0.6) is 5.75 Å². The number of carbonyl (C=O) groups excluding carboxylic acids is 5. The number of hydrogen-bond donors (Lipinski definition) is 1. The van der Waals surface area contributed by atoms with Crippen LogP contribution in [-0.2, 0) is 35.7 Å². The molecule has 2 amide bonds. The van der Waals surface area contributed by atoms with Gasteiger partial charge in [-0.15, -0.1) is 11.3 Å². The molecule has 0 spiro atoms. The molecule has 0 aliphatic carbocycles. The number of thioether (sulfide) groups is 4. The molecule has 0 atom stereocenters. The third kappa shape index (κ3) is 19.2. The average molecular weight is 1600 g/mol. The first kappa shape index (κ1) is 83.2. The number of thiocarbonyl (C=S) groups is 1. The van der Waals surface area contributed by atoms with E-state index in [0.29, 0.717) is 20.3 Å². The molecule has 1 fully saturated rings. The van der Waals surface area contributed by atoms with Gasteiger partial charge in [0.15, 0.2) is 10.9 Å². The number of unbranched alkanes of at least 4 members (excludes halogenated alkanes) is 6. The lowest BCUT2D eigenvalue weighted by atomic mass is 10.0. The van der Waals surface area contributed by atoms with Gasteiger partial charge < -0.3 is 43.2 Å². The Kier molecular flexibility index (Phi) is 29.5. The summed E-state index contributed by atoms with van der Waals surface area (Å²) in [6.45, 7) is 25.9. The van der Waals surface area contributed by atoms with Crippen molar-refractivity contribution in [2.75, 3.05) is 80.0 Å². The number of hydrogen-bond acceptors (Lipinski definition) is 21. The van der Waals surface area contributed by atoms with Crippen molar-refractivity contribution in [3.8, 4) is 5.75 Å². The molecule has 0 radical (unpaired) electrons. The Labute approximate surface area is 670 Å². The first-order valence-corrected chi connectivity index (χ1v) is 41.8. The van der Waals surface area contributed by atoms with Crippen molar-refractivity contribution in [3.05, 3.63) is 228 Å². The van der Waals surface area contributed by atoms with Gasteiger partial charge in [0, 0.05) is 120 Å². The highest BCUT2D eigenvalue weighted by atomic mass is 32.2. The van der Waals surface area contributed by atoms with Gasteiger partial charge in [0.05, 0.1) is 34.9 Å². The average Bonchev–Trinajstić information content (AvgIpc) is 1.61. The molecule has 0 unspecified atom stereocenters. The van der Waals surface area contributed by atoms with E-state index in [1.807, 2.05) is 62.0 Å². The number of nitrogens with one attached hydrogen (secondary N) is 1. The fourth-order valence-electron chi connectivity index (χ4n) is 13.0. The van der Waals surface area contributed by atoms with E-state index in [-0.39, 0.29) is 54.8 Å². The van der Waals surface area contributed by atoms with Crippen LogP contribution in [0.15, 0.2) is 200 Å². The van der Waals surface area contributed by atoms with E-state index in [1.54, 1.807) is 55.4 Å². The number of ketones is 1. The highest BCUT2D eigenvalue weighted by Crippen LogP contribution is 2.53. The summed E-state index contributed by atoms with van der Waals surface area (Å²) in [6, 6.07) is 42.8. The van der Waals surface area contributed by atoms with E-state index in [0.717, 1.165) is 102 Å². The maximum absolute atomic E-state index is 13.3. The zero-order valence-corrected chi connectivity index (χ0v) is 69.6. The van der Waals surface area contributed by atoms with Crippen LogP contribution in [-0.4, -0.2) is 109 Å². The zero-order chi connectivity index (χ0) is 78.9. The molecule has 5 aliphatic rings. The van der Waals surface area contributed by atoms with Gasteiger partial charge in [-0.2, -0.15) is 0 Å². The molecule has 2 aromatic heterocycles. The van der Waals surface area contributed by atoms with Crippen LogP contribution in [0.25, 0.3) is 38.4 Å². The molecule has 1 saturated heterocycles. The van der Waals surface area contributed by atoms with Gasteiger partial charge >= 0.3 is 17.6 Å². The van der Waals surface area contributed by atoms with E-state index >= 15 is 0 Å². The molecule has 576 valence electrons. The molecule has 1 N–H and O–H groups in total. The maximum Gasteiger partial charge on any atom is 0.346 e. The van der Waals surface area contributed by atoms with Gasteiger partial charge in [-0.25, -0.2) is 14.4 Å². The van der Waals surface area contributed by atoms with Crippen molar-refractivity contribution < 1.29 is 42.6 Å². The zero-order valence-electron chi connectivity index (χ0n) is 64.7. The van der Waals surface area contributed by atoms with Gasteiger partial charge in [-0.3, -0.25) is 29.0 Å². The first-order chi connectivity index (χ1) is 53.1. The van der Waals surface area contributed by atoms with Gasteiger partial charge in [-0.05, 0) is 163 Å². The van der Waals surface area contributed by atoms with E-state index < -0.39 is 23.8 Å². The van der Waals surface area contributed by atoms with Crippen molar-refractivity contribution in [1.29, 1.82) is 0 Å². The largest absolute Gasteiger partial charge is 0.465 e. The number of Topliss-reactive ketones (excluding diaryl/α,β-unsaturated/α-hetero) is 1. The Morgan fingerprint density at radius 2 is 1.29 bits per heavy atom. The Balaban J connectivity index is 0.000000162. The Hall–Kier alpha value is -9.30. The third-order valence-corrected chi connectivity index (χ3v) is 25.5. The summed E-state index contributed by atoms with van der Waals surface area (Å²) in [4.78, 5) is 99.0. The summed E-state index contributed by atoms with van der Waals surface area (Å²) in [7, 11) is 4.10. The lowest BCUT2D eigenvalue weighted by Crippen LogP contribution is -2.56. The smallest absolute Gasteiger partial charge is 0.346 e. The quantitative estimate of drug-likeness (QED) is 0.0128. The number of fused-ring (bicyclic) bond motifs is 6. The number of thiazole rings is 1. The number of aromatic nitrogens is 1. The number of esters is 2. The summed E-state index contributed by atoms with van der Waals surface area (Å²) in [5.41, 5.74) is 10.1. The Morgan fingerprint density at radius 3 is 1.95 bits per heavy atom. The van der Waals surface area contributed by atoms with Crippen LogP contribution in [0.2, 0.25) is 0 Å². The third-order valence-electron chi connectivity index (χ3n) is 18.9. The lowest BCUT2D eigenvalue weighted by molar-refractivity contribution is -0.138. The molecule has 18 nitrogen and oxygen atoms in total. The summed E-state index contributed by atoms with van der Waals surface area (Å²) in [6.07, 6.45) is 17.8. The summed E-state index contributed by atoms with van der Waals surface area (Å²) in [5, 5.41) is 9.17. The predicted octanol–water partition coefficient (Wildman–Crippen LogP) is 17.8. The van der Waals surface area contributed by atoms with Crippen molar-refractivity contribution in [1.82, 2.24) is 14.4 Å². The van der Waals surface area contributed by atoms with Crippen molar-refractivity contribution in [3.63, 3.8) is 0 Å². The summed E-state index contributed by atoms with van der Waals surface area (Å²) in [5.74, 6) is -0.869. The minimum Gasteiger partial charge on any atom is -0.465 e. The highest BCUT2D eigenvalue weighted by Gasteiger charge is 2.44. The number of likely N-dealkylation sites (N-methyl/N-ethyl adjacent to an activating group) is 2. The van der Waals surface area contributed by atoms with Crippen molar-refractivity contribution in [2.45, 2.75) is 130 Å². The topological polar surface area (TPSA) is 193 Å². The van der Waals surface area contributed by atoms with Gasteiger partial charge in [0.25, 0.3) is 17.4 Å². The lowest BCUT2D eigenvalue weighted by Gasteiger charge is -2.35. The number of aryl methyl sites for hydroxylation is 2. The van der Waals surface area contributed by atoms with Gasteiger partial charge in [0.2, 0.25) is 0 Å². The van der Waals surface area contributed by atoms with Crippen molar-refractivity contribution >= 4 is 166 Å². The second-order valence-electron chi connectivity index (χ2n) is 26.3. The predicted molar refractivity (Wildman–Crippen MR) is 460 cm³/mol. The number of nitrogens with zero attached hydrogens (tertiary/aromatic N) is 6. The second kappa shape index (κ2) is 39.1. The number of carbonyl (C=O) groups is 5. The van der Waals surface area contributed by atoms with Crippen LogP contribution in [0.3, 0.4) is 0 Å². The Bertz CT molecular complexity index is 5190. The second-order valence-corrected chi connectivity index (χ2v) is 32.1. The number of anilines is 4. The van der Waals surface area contributed by atoms with Crippen LogP contribution >= 0.6 is 70.6 Å². The molecule has 0 saturated carbocycles. The van der Waals surface area contributed by atoms with Gasteiger partial charge in [-0.1, -0.05) is 166 Å². The van der Waals surface area contributed by atoms with Crippen LogP contribution < -0.4 is 45.1 Å². The molecule has 7 heterocycles. The summed E-state index contributed by atoms with van der Waals surface area (Å²) < 4.78 is 24.1. The van der Waals surface area contributed by atoms with E-state index in [9.17, 15) is 33.6 Å². The molecule has 5 aliphatic heterocycles. The molecular formula is C86H95N7O11S6. The maximum atomic E-state index is 13.3. The number of allylic oxidation sites excluding steroid dienone is 4. The van der Waals surface area contributed by atoms with Crippen molar-refractivity contribution in [2.24, 2.45) is 7.05 Å². The fraction of sp³-hybridized carbons (Fsp3) is 0.326. The van der Waals surface area contributed by atoms with E-state index in [2.05, 4.69) is 162 Å². The molecule has 6 aromatic carbocycles.